The van der Waals surface area contributed by atoms with Crippen molar-refractivity contribution >= 4 is 11.4 Å². The highest BCUT2D eigenvalue weighted by atomic mass is 19.4. The summed E-state index contributed by atoms with van der Waals surface area (Å²) in [6.45, 7) is -0.454. The first-order chi connectivity index (χ1) is 8.36. The van der Waals surface area contributed by atoms with Gasteiger partial charge in [0.05, 0.1) is 17.4 Å². The number of halogens is 3. The minimum Gasteiger partial charge on any atom is -0.382 e. The van der Waals surface area contributed by atoms with E-state index in [-0.39, 0.29) is 0 Å². The number of benzene rings is 1. The van der Waals surface area contributed by atoms with Crippen LogP contribution in [0.2, 0.25) is 0 Å². The van der Waals surface area contributed by atoms with Crippen molar-refractivity contribution in [2.75, 3.05) is 30.9 Å². The van der Waals surface area contributed by atoms with Gasteiger partial charge in [-0.3, -0.25) is 0 Å². The summed E-state index contributed by atoms with van der Waals surface area (Å²) >= 11 is 0. The number of alkyl halides is 3. The van der Waals surface area contributed by atoms with Crippen molar-refractivity contribution in [2.24, 2.45) is 5.92 Å². The molecule has 0 saturated carbocycles. The summed E-state index contributed by atoms with van der Waals surface area (Å²) in [5.74, 6) is -2.01. The summed E-state index contributed by atoms with van der Waals surface area (Å²) in [4.78, 5) is 1.79. The molecule has 1 atom stereocenters. The molecule has 0 spiro atoms. The summed E-state index contributed by atoms with van der Waals surface area (Å²) < 4.78 is 37.2. The third-order valence-corrected chi connectivity index (χ3v) is 2.43. The van der Waals surface area contributed by atoms with Gasteiger partial charge >= 0.3 is 6.18 Å². The second kappa shape index (κ2) is 5.63. The Morgan fingerprint density at radius 3 is 2.44 bits per heavy atom. The molecular weight excluding hydrogens is 243 g/mol. The Hall–Kier alpha value is -1.90. The van der Waals surface area contributed by atoms with E-state index in [0.717, 1.165) is 5.69 Å². The van der Waals surface area contributed by atoms with Gasteiger partial charge in [-0.15, -0.1) is 0 Å². The van der Waals surface area contributed by atoms with Crippen LogP contribution in [-0.2, 0) is 0 Å². The van der Waals surface area contributed by atoms with Gasteiger partial charge in [0.15, 0.2) is 5.92 Å². The van der Waals surface area contributed by atoms with E-state index in [1.807, 2.05) is 0 Å². The lowest BCUT2D eigenvalue weighted by Crippen LogP contribution is -2.28. The first-order valence-electron chi connectivity index (χ1n) is 5.33. The average molecular weight is 257 g/mol. The van der Waals surface area contributed by atoms with Crippen LogP contribution in [0.4, 0.5) is 24.5 Å². The molecule has 0 aliphatic rings. The molecule has 1 aromatic rings. The highest BCUT2D eigenvalue weighted by Crippen LogP contribution is 2.28. The number of nitrogens with one attached hydrogen (secondary N) is 1. The Morgan fingerprint density at radius 1 is 1.33 bits per heavy atom. The van der Waals surface area contributed by atoms with Crippen LogP contribution in [0.5, 0.6) is 0 Å². The van der Waals surface area contributed by atoms with Crippen LogP contribution in [0.3, 0.4) is 0 Å². The van der Waals surface area contributed by atoms with Gasteiger partial charge in [-0.05, 0) is 12.1 Å². The zero-order valence-corrected chi connectivity index (χ0v) is 10.1. The SMILES string of the molecule is CN(C)c1ccccc1NCC(C#N)C(F)(F)F. The quantitative estimate of drug-likeness (QED) is 0.901. The lowest BCUT2D eigenvalue weighted by atomic mass is 10.1. The van der Waals surface area contributed by atoms with E-state index in [9.17, 15) is 13.2 Å². The zero-order chi connectivity index (χ0) is 13.8. The van der Waals surface area contributed by atoms with Crippen LogP contribution in [0, 0.1) is 17.2 Å². The van der Waals surface area contributed by atoms with E-state index in [1.54, 1.807) is 43.3 Å². The molecule has 0 radical (unpaired) electrons. The van der Waals surface area contributed by atoms with Crippen LogP contribution in [-0.4, -0.2) is 26.8 Å². The van der Waals surface area contributed by atoms with Crippen molar-refractivity contribution in [2.45, 2.75) is 6.18 Å². The minimum absolute atomic E-state index is 0.454. The van der Waals surface area contributed by atoms with Gasteiger partial charge in [0.2, 0.25) is 0 Å². The molecule has 0 saturated heterocycles. The number of nitriles is 1. The maximum Gasteiger partial charge on any atom is 0.406 e. The molecule has 18 heavy (non-hydrogen) atoms. The monoisotopic (exact) mass is 257 g/mol. The van der Waals surface area contributed by atoms with Crippen molar-refractivity contribution < 1.29 is 13.2 Å². The fourth-order valence-corrected chi connectivity index (χ4v) is 1.46. The normalized spacial score (nSPS) is 12.7. The van der Waals surface area contributed by atoms with Gasteiger partial charge in [-0.2, -0.15) is 18.4 Å². The van der Waals surface area contributed by atoms with Gasteiger partial charge in [-0.25, -0.2) is 0 Å². The second-order valence-corrected chi connectivity index (χ2v) is 4.02. The molecule has 0 aliphatic heterocycles. The first kappa shape index (κ1) is 14.2. The van der Waals surface area contributed by atoms with E-state index >= 15 is 0 Å². The Labute approximate surface area is 104 Å². The third kappa shape index (κ3) is 3.55. The number of nitrogens with zero attached hydrogens (tertiary/aromatic N) is 2. The topological polar surface area (TPSA) is 39.1 Å². The standard InChI is InChI=1S/C12H14F3N3/c1-18(2)11-6-4-3-5-10(11)17-8-9(7-16)12(13,14)15/h3-6,9,17H,8H2,1-2H3. The molecule has 0 aliphatic carbocycles. The maximum absolute atomic E-state index is 12.4. The number of hydrogen-bond donors (Lipinski definition) is 1. The van der Waals surface area contributed by atoms with E-state index in [0.29, 0.717) is 5.69 Å². The van der Waals surface area contributed by atoms with Crippen molar-refractivity contribution in [3.63, 3.8) is 0 Å². The van der Waals surface area contributed by atoms with Crippen LogP contribution in [0.25, 0.3) is 0 Å². The molecule has 1 rings (SSSR count). The van der Waals surface area contributed by atoms with Gasteiger partial charge < -0.3 is 10.2 Å². The van der Waals surface area contributed by atoms with Crippen LogP contribution in [0.15, 0.2) is 24.3 Å². The summed E-state index contributed by atoms with van der Waals surface area (Å²) in [6.07, 6.45) is -4.51. The first-order valence-corrected chi connectivity index (χ1v) is 5.33. The lowest BCUT2D eigenvalue weighted by molar-refractivity contribution is -0.155. The molecule has 0 heterocycles. The van der Waals surface area contributed by atoms with Crippen molar-refractivity contribution in [1.29, 1.82) is 5.26 Å². The lowest BCUT2D eigenvalue weighted by Gasteiger charge is -2.20. The molecule has 98 valence electrons. The van der Waals surface area contributed by atoms with Crippen molar-refractivity contribution in [1.82, 2.24) is 0 Å². The maximum atomic E-state index is 12.4. The summed E-state index contributed by atoms with van der Waals surface area (Å²) in [5.41, 5.74) is 1.35. The van der Waals surface area contributed by atoms with E-state index in [1.165, 1.54) is 6.07 Å². The van der Waals surface area contributed by atoms with E-state index in [2.05, 4.69) is 5.32 Å². The molecule has 1 aromatic carbocycles. The van der Waals surface area contributed by atoms with Crippen molar-refractivity contribution in [3.8, 4) is 6.07 Å². The van der Waals surface area contributed by atoms with Crippen LogP contribution >= 0.6 is 0 Å². The Morgan fingerprint density at radius 2 is 1.94 bits per heavy atom. The number of rotatable bonds is 4. The molecular formula is C12H14F3N3. The van der Waals surface area contributed by atoms with Gasteiger partial charge in [0, 0.05) is 20.6 Å². The van der Waals surface area contributed by atoms with E-state index in [4.69, 9.17) is 5.26 Å². The summed E-state index contributed by atoms with van der Waals surface area (Å²) in [7, 11) is 3.60. The molecule has 0 fully saturated rings. The molecule has 3 nitrogen and oxygen atoms in total. The fraction of sp³-hybridized carbons (Fsp3) is 0.417. The Balaban J connectivity index is 2.78. The molecule has 0 bridgehead atoms. The van der Waals surface area contributed by atoms with Crippen molar-refractivity contribution in [3.05, 3.63) is 24.3 Å². The van der Waals surface area contributed by atoms with Gasteiger partial charge in [-0.1, -0.05) is 12.1 Å². The molecule has 1 N–H and O–H groups in total. The third-order valence-electron chi connectivity index (χ3n) is 2.43. The second-order valence-electron chi connectivity index (χ2n) is 4.02. The predicted molar refractivity (Wildman–Crippen MR) is 64.4 cm³/mol. The van der Waals surface area contributed by atoms with Gasteiger partial charge in [0.25, 0.3) is 0 Å². The van der Waals surface area contributed by atoms with Crippen LogP contribution in [0.1, 0.15) is 0 Å². The minimum atomic E-state index is -4.51. The molecule has 0 aromatic heterocycles. The Bertz CT molecular complexity index is 435. The zero-order valence-electron chi connectivity index (χ0n) is 10.1. The fourth-order valence-electron chi connectivity index (χ4n) is 1.46. The largest absolute Gasteiger partial charge is 0.406 e. The van der Waals surface area contributed by atoms with Gasteiger partial charge in [0.1, 0.15) is 0 Å². The highest BCUT2D eigenvalue weighted by Gasteiger charge is 2.39. The molecule has 1 unspecified atom stereocenters. The number of anilines is 2. The van der Waals surface area contributed by atoms with Crippen LogP contribution < -0.4 is 10.2 Å². The average Bonchev–Trinajstić information content (AvgIpc) is 2.28. The smallest absolute Gasteiger partial charge is 0.382 e. The summed E-state index contributed by atoms with van der Waals surface area (Å²) in [6, 6.07) is 8.25. The number of hydrogen-bond acceptors (Lipinski definition) is 3. The highest BCUT2D eigenvalue weighted by molar-refractivity contribution is 5.69. The van der Waals surface area contributed by atoms with E-state index < -0.39 is 18.6 Å². The summed E-state index contributed by atoms with van der Waals surface area (Å²) in [5, 5.41) is 11.2. The number of para-hydroxylation sites is 2. The Kier molecular flexibility index (Phi) is 4.43. The molecule has 0 amide bonds. The molecule has 6 heteroatoms. The predicted octanol–water partition coefficient (Wildman–Crippen LogP) is 2.87.